The van der Waals surface area contributed by atoms with Crippen molar-refractivity contribution in [3.05, 3.63) is 15.6 Å². The Balaban J connectivity index is 3.10. The van der Waals surface area contributed by atoms with Gasteiger partial charge in [-0.15, -0.1) is 11.3 Å². The van der Waals surface area contributed by atoms with E-state index in [9.17, 15) is 8.42 Å². The lowest BCUT2D eigenvalue weighted by Gasteiger charge is -2.26. The standard InChI is InChI=1S/C12H23N3O2S2/c1-8(2)12-13-9(3)11(18-12)10(4)15(7)19(16,17)14(5)6/h8,10H,1-7H3. The van der Waals surface area contributed by atoms with Crippen molar-refractivity contribution in [2.45, 2.75) is 39.7 Å². The highest BCUT2D eigenvalue weighted by molar-refractivity contribution is 7.86. The largest absolute Gasteiger partial charge is 0.281 e. The van der Waals surface area contributed by atoms with Crippen LogP contribution >= 0.6 is 11.3 Å². The summed E-state index contributed by atoms with van der Waals surface area (Å²) in [5.74, 6) is 0.361. The third kappa shape index (κ3) is 3.34. The molecule has 0 saturated heterocycles. The molecule has 0 saturated carbocycles. The molecule has 0 radical (unpaired) electrons. The average Bonchev–Trinajstić information content (AvgIpc) is 2.69. The second-order valence-electron chi connectivity index (χ2n) is 5.14. The third-order valence-electron chi connectivity index (χ3n) is 3.09. The summed E-state index contributed by atoms with van der Waals surface area (Å²) >= 11 is 1.60. The minimum absolute atomic E-state index is 0.211. The van der Waals surface area contributed by atoms with E-state index in [2.05, 4.69) is 18.8 Å². The molecule has 0 aliphatic carbocycles. The van der Waals surface area contributed by atoms with Gasteiger partial charge in [-0.2, -0.15) is 17.0 Å². The lowest BCUT2D eigenvalue weighted by Crippen LogP contribution is -2.38. The molecule has 0 spiro atoms. The van der Waals surface area contributed by atoms with Crippen molar-refractivity contribution in [2.24, 2.45) is 0 Å². The van der Waals surface area contributed by atoms with Crippen molar-refractivity contribution in [3.8, 4) is 0 Å². The molecule has 0 aliphatic rings. The summed E-state index contributed by atoms with van der Waals surface area (Å²) in [5.41, 5.74) is 0.919. The Morgan fingerprint density at radius 3 is 2.05 bits per heavy atom. The van der Waals surface area contributed by atoms with E-state index in [0.717, 1.165) is 15.6 Å². The topological polar surface area (TPSA) is 53.5 Å². The minimum Gasteiger partial charge on any atom is -0.246 e. The molecule has 1 aromatic rings. The fourth-order valence-electron chi connectivity index (χ4n) is 1.69. The molecule has 1 unspecified atom stereocenters. The van der Waals surface area contributed by atoms with Crippen LogP contribution in [0, 0.1) is 6.92 Å². The normalized spacial score (nSPS) is 14.6. The Labute approximate surface area is 120 Å². The van der Waals surface area contributed by atoms with Crippen LogP contribution in [-0.2, 0) is 10.2 Å². The van der Waals surface area contributed by atoms with Gasteiger partial charge in [0.15, 0.2) is 0 Å². The Bertz CT molecular complexity index is 535. The van der Waals surface area contributed by atoms with E-state index in [4.69, 9.17) is 0 Å². The molecular weight excluding hydrogens is 282 g/mol. The van der Waals surface area contributed by atoms with E-state index < -0.39 is 10.2 Å². The molecule has 1 aromatic heterocycles. The van der Waals surface area contributed by atoms with Gasteiger partial charge in [0.25, 0.3) is 10.2 Å². The molecule has 0 aliphatic heterocycles. The first-order valence-corrected chi connectivity index (χ1v) is 8.43. The van der Waals surface area contributed by atoms with Gasteiger partial charge >= 0.3 is 0 Å². The molecular formula is C12H23N3O2S2. The Kier molecular flexibility index (Phi) is 5.11. The lowest BCUT2D eigenvalue weighted by atomic mass is 10.2. The zero-order valence-corrected chi connectivity index (χ0v) is 14.3. The summed E-state index contributed by atoms with van der Waals surface area (Å²) in [6.45, 7) is 8.01. The third-order valence-corrected chi connectivity index (χ3v) is 6.69. The van der Waals surface area contributed by atoms with Gasteiger partial charge in [0.1, 0.15) is 0 Å². The van der Waals surface area contributed by atoms with Crippen molar-refractivity contribution in [1.29, 1.82) is 0 Å². The molecule has 0 amide bonds. The van der Waals surface area contributed by atoms with Gasteiger partial charge < -0.3 is 0 Å². The molecule has 0 bridgehead atoms. The fraction of sp³-hybridized carbons (Fsp3) is 0.750. The van der Waals surface area contributed by atoms with Gasteiger partial charge in [0.05, 0.1) is 16.7 Å². The first-order valence-electron chi connectivity index (χ1n) is 6.21. The van der Waals surface area contributed by atoms with E-state index >= 15 is 0 Å². The van der Waals surface area contributed by atoms with Gasteiger partial charge in [-0.25, -0.2) is 4.98 Å². The summed E-state index contributed by atoms with van der Waals surface area (Å²) in [5, 5.41) is 1.05. The Hall–Kier alpha value is -0.500. The van der Waals surface area contributed by atoms with E-state index in [1.54, 1.807) is 18.4 Å². The molecule has 0 N–H and O–H groups in total. The highest BCUT2D eigenvalue weighted by Crippen LogP contribution is 2.33. The van der Waals surface area contributed by atoms with Crippen molar-refractivity contribution in [2.75, 3.05) is 21.1 Å². The fourth-order valence-corrected chi connectivity index (χ4v) is 3.94. The number of nitrogens with zero attached hydrogens (tertiary/aromatic N) is 3. The average molecular weight is 305 g/mol. The van der Waals surface area contributed by atoms with Gasteiger partial charge in [-0.1, -0.05) is 13.8 Å². The monoisotopic (exact) mass is 305 g/mol. The molecule has 110 valence electrons. The first-order chi connectivity index (χ1) is 8.59. The predicted octanol–water partition coefficient (Wildman–Crippen LogP) is 2.37. The molecule has 0 aromatic carbocycles. The van der Waals surface area contributed by atoms with E-state index in [1.807, 2.05) is 13.8 Å². The second kappa shape index (κ2) is 5.87. The highest BCUT2D eigenvalue weighted by Gasteiger charge is 2.29. The first kappa shape index (κ1) is 16.6. The van der Waals surface area contributed by atoms with Crippen LogP contribution in [0.25, 0.3) is 0 Å². The molecule has 1 heterocycles. The van der Waals surface area contributed by atoms with E-state index in [-0.39, 0.29) is 6.04 Å². The summed E-state index contributed by atoms with van der Waals surface area (Å²) in [4.78, 5) is 5.53. The van der Waals surface area contributed by atoms with Crippen LogP contribution < -0.4 is 0 Å². The molecule has 5 nitrogen and oxygen atoms in total. The van der Waals surface area contributed by atoms with Crippen molar-refractivity contribution in [1.82, 2.24) is 13.6 Å². The van der Waals surface area contributed by atoms with Crippen molar-refractivity contribution in [3.63, 3.8) is 0 Å². The minimum atomic E-state index is -3.41. The Morgan fingerprint density at radius 2 is 1.68 bits per heavy atom. The van der Waals surface area contributed by atoms with E-state index in [0.29, 0.717) is 5.92 Å². The van der Waals surface area contributed by atoms with Crippen LogP contribution in [0.15, 0.2) is 0 Å². The van der Waals surface area contributed by atoms with Crippen LogP contribution in [-0.4, -0.2) is 43.2 Å². The maximum atomic E-state index is 12.1. The summed E-state index contributed by atoms with van der Waals surface area (Å²) in [6, 6.07) is -0.211. The SMILES string of the molecule is Cc1nc(C(C)C)sc1C(C)N(C)S(=O)(=O)N(C)C. The molecule has 19 heavy (non-hydrogen) atoms. The maximum absolute atomic E-state index is 12.1. The summed E-state index contributed by atoms with van der Waals surface area (Å²) in [7, 11) is 1.28. The predicted molar refractivity (Wildman–Crippen MR) is 79.7 cm³/mol. The number of aromatic nitrogens is 1. The molecule has 1 atom stereocenters. The van der Waals surface area contributed by atoms with Crippen LogP contribution in [0.5, 0.6) is 0 Å². The molecule has 0 fully saturated rings. The van der Waals surface area contributed by atoms with Gasteiger partial charge in [0, 0.05) is 31.9 Å². The van der Waals surface area contributed by atoms with Crippen LogP contribution in [0.2, 0.25) is 0 Å². The van der Waals surface area contributed by atoms with E-state index in [1.165, 1.54) is 22.7 Å². The smallest absolute Gasteiger partial charge is 0.246 e. The van der Waals surface area contributed by atoms with Crippen LogP contribution in [0.3, 0.4) is 0 Å². The molecule has 1 rings (SSSR count). The van der Waals surface area contributed by atoms with Gasteiger partial charge in [-0.05, 0) is 13.8 Å². The van der Waals surface area contributed by atoms with Gasteiger partial charge in [0.2, 0.25) is 0 Å². The number of thiazole rings is 1. The maximum Gasteiger partial charge on any atom is 0.281 e. The van der Waals surface area contributed by atoms with Crippen LogP contribution in [0.4, 0.5) is 0 Å². The number of hydrogen-bond acceptors (Lipinski definition) is 4. The Morgan fingerprint density at radius 1 is 1.16 bits per heavy atom. The number of hydrogen-bond donors (Lipinski definition) is 0. The zero-order valence-electron chi connectivity index (χ0n) is 12.6. The van der Waals surface area contributed by atoms with Crippen molar-refractivity contribution >= 4 is 21.5 Å². The highest BCUT2D eigenvalue weighted by atomic mass is 32.2. The summed E-state index contributed by atoms with van der Waals surface area (Å²) < 4.78 is 26.9. The zero-order chi connectivity index (χ0) is 15.0. The molecule has 7 heteroatoms. The van der Waals surface area contributed by atoms with Crippen LogP contribution in [0.1, 0.15) is 48.3 Å². The number of aryl methyl sites for hydroxylation is 1. The second-order valence-corrected chi connectivity index (χ2v) is 8.40. The lowest BCUT2D eigenvalue weighted by molar-refractivity contribution is 0.367. The quantitative estimate of drug-likeness (QED) is 0.839. The van der Waals surface area contributed by atoms with Gasteiger partial charge in [-0.3, -0.25) is 0 Å². The number of rotatable bonds is 5. The van der Waals surface area contributed by atoms with Crippen molar-refractivity contribution < 1.29 is 8.42 Å². The summed E-state index contributed by atoms with van der Waals surface area (Å²) in [6.07, 6.45) is 0.